The molecule has 2 aromatic rings. The van der Waals surface area contributed by atoms with E-state index in [0.29, 0.717) is 0 Å². The van der Waals surface area contributed by atoms with Crippen LogP contribution in [0.1, 0.15) is 5.56 Å². The molecule has 120 valence electrons. The second-order valence-corrected chi connectivity index (χ2v) is 6.78. The van der Waals surface area contributed by atoms with Gasteiger partial charge >= 0.3 is 0 Å². The lowest BCUT2D eigenvalue weighted by molar-refractivity contribution is 0.388. The quantitative estimate of drug-likeness (QED) is 0.793. The van der Waals surface area contributed by atoms with Gasteiger partial charge in [0, 0.05) is 44.3 Å². The standard InChI is InChI=1S/C16H18BrN5S/c1-12-3-2-4-14(9-12)20-16(23)22-7-5-21(6-8-22)15-18-10-13(17)11-19-15/h2-4,9-11H,5-8H2,1H3,(H,20,23). The molecule has 1 fully saturated rings. The molecule has 0 bridgehead atoms. The first-order valence-electron chi connectivity index (χ1n) is 7.47. The first kappa shape index (κ1) is 16.1. The van der Waals surface area contributed by atoms with Crippen molar-refractivity contribution in [3.8, 4) is 0 Å². The number of benzene rings is 1. The lowest BCUT2D eigenvalue weighted by Gasteiger charge is -2.36. The van der Waals surface area contributed by atoms with E-state index in [2.05, 4.69) is 60.1 Å². The lowest BCUT2D eigenvalue weighted by atomic mass is 10.2. The molecule has 7 heteroatoms. The third-order valence-corrected chi connectivity index (χ3v) is 4.50. The number of aryl methyl sites for hydroxylation is 1. The first-order chi connectivity index (χ1) is 11.1. The maximum Gasteiger partial charge on any atom is 0.225 e. The summed E-state index contributed by atoms with van der Waals surface area (Å²) in [4.78, 5) is 13.1. The fourth-order valence-electron chi connectivity index (χ4n) is 2.50. The van der Waals surface area contributed by atoms with Crippen molar-refractivity contribution in [2.75, 3.05) is 36.4 Å². The van der Waals surface area contributed by atoms with E-state index < -0.39 is 0 Å². The average molecular weight is 392 g/mol. The van der Waals surface area contributed by atoms with Crippen LogP contribution in [-0.4, -0.2) is 46.2 Å². The molecule has 1 saturated heterocycles. The van der Waals surface area contributed by atoms with Crippen LogP contribution >= 0.6 is 28.1 Å². The highest BCUT2D eigenvalue weighted by molar-refractivity contribution is 9.10. The van der Waals surface area contributed by atoms with Crippen molar-refractivity contribution in [2.45, 2.75) is 6.92 Å². The normalized spacial score (nSPS) is 14.7. The van der Waals surface area contributed by atoms with E-state index in [1.54, 1.807) is 12.4 Å². The maximum absolute atomic E-state index is 5.53. The number of halogens is 1. The molecule has 3 rings (SSSR count). The van der Waals surface area contributed by atoms with Crippen LogP contribution in [0.25, 0.3) is 0 Å². The molecule has 1 aromatic heterocycles. The van der Waals surface area contributed by atoms with Gasteiger partial charge < -0.3 is 15.1 Å². The van der Waals surface area contributed by atoms with Crippen LogP contribution in [0.15, 0.2) is 41.1 Å². The molecule has 0 radical (unpaired) electrons. The smallest absolute Gasteiger partial charge is 0.225 e. The largest absolute Gasteiger partial charge is 0.345 e. The number of piperazine rings is 1. The van der Waals surface area contributed by atoms with Gasteiger partial charge in [0.2, 0.25) is 5.95 Å². The van der Waals surface area contributed by atoms with Gasteiger partial charge in [-0.3, -0.25) is 0 Å². The van der Waals surface area contributed by atoms with E-state index in [0.717, 1.165) is 47.4 Å². The topological polar surface area (TPSA) is 44.3 Å². The predicted octanol–water partition coefficient (Wildman–Crippen LogP) is 3.07. The zero-order chi connectivity index (χ0) is 16.2. The third-order valence-electron chi connectivity index (χ3n) is 3.73. The van der Waals surface area contributed by atoms with Gasteiger partial charge in [-0.05, 0) is 52.8 Å². The fraction of sp³-hybridized carbons (Fsp3) is 0.312. The molecule has 1 aromatic carbocycles. The van der Waals surface area contributed by atoms with Gasteiger partial charge in [0.15, 0.2) is 5.11 Å². The highest BCUT2D eigenvalue weighted by Gasteiger charge is 2.20. The van der Waals surface area contributed by atoms with Crippen molar-refractivity contribution in [1.29, 1.82) is 0 Å². The summed E-state index contributed by atoms with van der Waals surface area (Å²) in [6.07, 6.45) is 3.55. The second-order valence-electron chi connectivity index (χ2n) is 5.48. The van der Waals surface area contributed by atoms with Crippen LogP contribution in [0.3, 0.4) is 0 Å². The number of nitrogens with zero attached hydrogens (tertiary/aromatic N) is 4. The summed E-state index contributed by atoms with van der Waals surface area (Å²) in [5.74, 6) is 0.769. The molecular weight excluding hydrogens is 374 g/mol. The Bertz CT molecular complexity index is 683. The van der Waals surface area contributed by atoms with Crippen molar-refractivity contribution >= 4 is 44.9 Å². The third kappa shape index (κ3) is 4.17. The lowest BCUT2D eigenvalue weighted by Crippen LogP contribution is -2.50. The summed E-state index contributed by atoms with van der Waals surface area (Å²) in [7, 11) is 0. The zero-order valence-electron chi connectivity index (χ0n) is 12.9. The van der Waals surface area contributed by atoms with Crippen LogP contribution in [0.2, 0.25) is 0 Å². The minimum Gasteiger partial charge on any atom is -0.345 e. The SMILES string of the molecule is Cc1cccc(NC(=S)N2CCN(c3ncc(Br)cn3)CC2)c1. The van der Waals surface area contributed by atoms with E-state index in [1.807, 2.05) is 12.1 Å². The maximum atomic E-state index is 5.53. The van der Waals surface area contributed by atoms with Gasteiger partial charge in [-0.2, -0.15) is 0 Å². The molecule has 0 unspecified atom stereocenters. The number of nitrogens with one attached hydrogen (secondary N) is 1. The van der Waals surface area contributed by atoms with E-state index in [4.69, 9.17) is 12.2 Å². The zero-order valence-corrected chi connectivity index (χ0v) is 15.3. The minimum atomic E-state index is 0.769. The molecular formula is C16H18BrN5S. The molecule has 5 nitrogen and oxygen atoms in total. The summed E-state index contributed by atoms with van der Waals surface area (Å²) in [5, 5.41) is 4.09. The highest BCUT2D eigenvalue weighted by Crippen LogP contribution is 2.15. The van der Waals surface area contributed by atoms with Gasteiger partial charge in [-0.25, -0.2) is 9.97 Å². The minimum absolute atomic E-state index is 0.769. The summed E-state index contributed by atoms with van der Waals surface area (Å²) in [6, 6.07) is 8.23. The summed E-state index contributed by atoms with van der Waals surface area (Å²) in [5.41, 5.74) is 2.25. The number of hydrogen-bond donors (Lipinski definition) is 1. The Morgan fingerprint density at radius 3 is 2.52 bits per heavy atom. The Hall–Kier alpha value is -1.73. The molecule has 0 saturated carbocycles. The predicted molar refractivity (Wildman–Crippen MR) is 101 cm³/mol. The fourth-order valence-corrected chi connectivity index (χ4v) is 3.01. The monoisotopic (exact) mass is 391 g/mol. The first-order valence-corrected chi connectivity index (χ1v) is 8.67. The molecule has 0 atom stereocenters. The highest BCUT2D eigenvalue weighted by atomic mass is 79.9. The Kier molecular flexibility index (Phi) is 5.07. The summed E-state index contributed by atoms with van der Waals surface area (Å²) >= 11 is 8.89. The van der Waals surface area contributed by atoms with Gasteiger partial charge in [0.05, 0.1) is 4.47 Å². The summed E-state index contributed by atoms with van der Waals surface area (Å²) in [6.45, 7) is 5.51. The number of anilines is 2. The molecule has 2 heterocycles. The van der Waals surface area contributed by atoms with Crippen LogP contribution in [-0.2, 0) is 0 Å². The van der Waals surface area contributed by atoms with Gasteiger partial charge in [0.1, 0.15) is 0 Å². The van der Waals surface area contributed by atoms with Crippen LogP contribution in [0, 0.1) is 6.92 Å². The number of hydrogen-bond acceptors (Lipinski definition) is 4. The molecule has 0 amide bonds. The van der Waals surface area contributed by atoms with Crippen LogP contribution < -0.4 is 10.2 Å². The second kappa shape index (κ2) is 7.23. The molecule has 0 spiro atoms. The van der Waals surface area contributed by atoms with Crippen LogP contribution in [0.5, 0.6) is 0 Å². The number of rotatable bonds is 2. The molecule has 1 aliphatic heterocycles. The van der Waals surface area contributed by atoms with Crippen molar-refractivity contribution in [3.63, 3.8) is 0 Å². The van der Waals surface area contributed by atoms with Crippen molar-refractivity contribution < 1.29 is 0 Å². The number of thiocarbonyl (C=S) groups is 1. The Morgan fingerprint density at radius 2 is 1.87 bits per heavy atom. The molecule has 23 heavy (non-hydrogen) atoms. The van der Waals surface area contributed by atoms with Gasteiger partial charge in [-0.1, -0.05) is 12.1 Å². The average Bonchev–Trinajstić information content (AvgIpc) is 2.56. The van der Waals surface area contributed by atoms with Gasteiger partial charge in [-0.15, -0.1) is 0 Å². The summed E-state index contributed by atoms with van der Waals surface area (Å²) < 4.78 is 0.892. The molecule has 0 aliphatic carbocycles. The number of aromatic nitrogens is 2. The van der Waals surface area contributed by atoms with Crippen molar-refractivity contribution in [2.24, 2.45) is 0 Å². The van der Waals surface area contributed by atoms with Crippen molar-refractivity contribution in [3.05, 3.63) is 46.7 Å². The molecule has 1 aliphatic rings. The Balaban J connectivity index is 1.56. The van der Waals surface area contributed by atoms with Crippen molar-refractivity contribution in [1.82, 2.24) is 14.9 Å². The Labute approximate surface area is 149 Å². The van der Waals surface area contributed by atoms with E-state index in [-0.39, 0.29) is 0 Å². The Morgan fingerprint density at radius 1 is 1.17 bits per heavy atom. The van der Waals surface area contributed by atoms with E-state index in [9.17, 15) is 0 Å². The van der Waals surface area contributed by atoms with Crippen LogP contribution in [0.4, 0.5) is 11.6 Å². The van der Waals surface area contributed by atoms with E-state index >= 15 is 0 Å². The van der Waals surface area contributed by atoms with Gasteiger partial charge in [0.25, 0.3) is 0 Å². The molecule has 1 N–H and O–H groups in total. The van der Waals surface area contributed by atoms with E-state index in [1.165, 1.54) is 5.56 Å².